The predicted octanol–water partition coefficient (Wildman–Crippen LogP) is 3.24. The number of hydrogen-bond donors (Lipinski definition) is 1. The third kappa shape index (κ3) is 3.27. The summed E-state index contributed by atoms with van der Waals surface area (Å²) in [4.78, 5) is 2.37. The molecule has 3 nitrogen and oxygen atoms in total. The number of nitriles is 1. The highest BCUT2D eigenvalue weighted by molar-refractivity contribution is 5.60. The van der Waals surface area contributed by atoms with Gasteiger partial charge in [-0.05, 0) is 37.8 Å². The summed E-state index contributed by atoms with van der Waals surface area (Å²) >= 11 is 0. The van der Waals surface area contributed by atoms with E-state index in [-0.39, 0.29) is 0 Å². The maximum atomic E-state index is 9.94. The van der Waals surface area contributed by atoms with Crippen LogP contribution in [0.2, 0.25) is 0 Å². The van der Waals surface area contributed by atoms with Crippen molar-refractivity contribution in [3.8, 4) is 6.07 Å². The van der Waals surface area contributed by atoms with Crippen LogP contribution in [0.15, 0.2) is 18.2 Å². The van der Waals surface area contributed by atoms with E-state index in [1.165, 1.54) is 12.8 Å². The van der Waals surface area contributed by atoms with Crippen LogP contribution in [0.4, 0.5) is 5.69 Å². The molecule has 1 aromatic carbocycles. The van der Waals surface area contributed by atoms with Gasteiger partial charge in [-0.2, -0.15) is 5.26 Å². The lowest BCUT2D eigenvalue weighted by Crippen LogP contribution is -2.31. The standard InChI is InChI=1S/C16H22N2O/c1-11(2)10-18(14-5-6-14)16-8-13(9-17)4-7-15(16)12(3)19/h4,7-8,11-12,14,19H,5-6,10H2,1-3H3/t12-/m1/s1. The van der Waals surface area contributed by atoms with Crippen LogP contribution < -0.4 is 4.90 Å². The Morgan fingerprint density at radius 2 is 2.05 bits per heavy atom. The molecule has 1 aromatic rings. The molecule has 0 unspecified atom stereocenters. The fourth-order valence-corrected chi connectivity index (χ4v) is 2.44. The predicted molar refractivity (Wildman–Crippen MR) is 77.0 cm³/mol. The molecule has 1 fully saturated rings. The molecular formula is C16H22N2O. The van der Waals surface area contributed by atoms with Gasteiger partial charge in [0.25, 0.3) is 0 Å². The SMILES string of the molecule is CC(C)CN(c1cc(C#N)ccc1[C@@H](C)O)C1CC1. The molecule has 1 saturated carbocycles. The van der Waals surface area contributed by atoms with Crippen LogP contribution in [0.3, 0.4) is 0 Å². The van der Waals surface area contributed by atoms with Gasteiger partial charge in [-0.1, -0.05) is 19.9 Å². The van der Waals surface area contributed by atoms with Gasteiger partial charge in [0.05, 0.1) is 17.7 Å². The molecule has 1 atom stereocenters. The molecule has 102 valence electrons. The van der Waals surface area contributed by atoms with Gasteiger partial charge < -0.3 is 10.0 Å². The van der Waals surface area contributed by atoms with Crippen LogP contribution in [0, 0.1) is 17.2 Å². The Bertz CT molecular complexity index is 484. The molecule has 1 aliphatic rings. The van der Waals surface area contributed by atoms with Crippen molar-refractivity contribution in [3.63, 3.8) is 0 Å². The molecule has 3 heteroatoms. The van der Waals surface area contributed by atoms with Crippen LogP contribution in [-0.4, -0.2) is 17.7 Å². The van der Waals surface area contributed by atoms with Crippen LogP contribution >= 0.6 is 0 Å². The zero-order valence-corrected chi connectivity index (χ0v) is 11.9. The molecule has 0 heterocycles. The first-order chi connectivity index (χ1) is 9.02. The van der Waals surface area contributed by atoms with Gasteiger partial charge in [-0.3, -0.25) is 0 Å². The van der Waals surface area contributed by atoms with Crippen molar-refractivity contribution in [3.05, 3.63) is 29.3 Å². The molecular weight excluding hydrogens is 236 g/mol. The zero-order valence-electron chi connectivity index (χ0n) is 11.9. The summed E-state index contributed by atoms with van der Waals surface area (Å²) in [7, 11) is 0. The first kappa shape index (κ1) is 13.9. The smallest absolute Gasteiger partial charge is 0.0992 e. The summed E-state index contributed by atoms with van der Waals surface area (Å²) in [6.45, 7) is 7.15. The Hall–Kier alpha value is -1.53. The molecule has 19 heavy (non-hydrogen) atoms. The van der Waals surface area contributed by atoms with Gasteiger partial charge in [0, 0.05) is 23.8 Å². The van der Waals surface area contributed by atoms with Crippen molar-refractivity contribution in [1.82, 2.24) is 0 Å². The molecule has 1 aliphatic carbocycles. The van der Waals surface area contributed by atoms with E-state index in [9.17, 15) is 5.11 Å². The maximum absolute atomic E-state index is 9.94. The molecule has 0 spiro atoms. The van der Waals surface area contributed by atoms with E-state index >= 15 is 0 Å². The number of aliphatic hydroxyl groups excluding tert-OH is 1. The van der Waals surface area contributed by atoms with E-state index in [1.807, 2.05) is 12.1 Å². The quantitative estimate of drug-likeness (QED) is 0.882. The summed E-state index contributed by atoms with van der Waals surface area (Å²) in [6.07, 6.45) is 1.92. The highest BCUT2D eigenvalue weighted by Crippen LogP contribution is 2.36. The molecule has 0 aromatic heterocycles. The van der Waals surface area contributed by atoms with Crippen LogP contribution in [0.1, 0.15) is 50.8 Å². The lowest BCUT2D eigenvalue weighted by molar-refractivity contribution is 0.199. The lowest BCUT2D eigenvalue weighted by Gasteiger charge is -2.29. The van der Waals surface area contributed by atoms with Gasteiger partial charge in [0.15, 0.2) is 0 Å². The normalized spacial score (nSPS) is 16.2. The minimum atomic E-state index is -0.504. The Morgan fingerprint density at radius 1 is 1.37 bits per heavy atom. The molecule has 0 saturated heterocycles. The van der Waals surface area contributed by atoms with Crippen molar-refractivity contribution in [2.24, 2.45) is 5.92 Å². The monoisotopic (exact) mass is 258 g/mol. The second kappa shape index (κ2) is 5.63. The number of rotatable bonds is 5. The second-order valence-corrected chi connectivity index (χ2v) is 5.84. The number of anilines is 1. The molecule has 1 N–H and O–H groups in total. The van der Waals surface area contributed by atoms with E-state index in [1.54, 1.807) is 13.0 Å². The third-order valence-corrected chi connectivity index (χ3v) is 3.47. The summed E-state index contributed by atoms with van der Waals surface area (Å²) in [5, 5.41) is 19.0. The van der Waals surface area contributed by atoms with Gasteiger partial charge in [-0.15, -0.1) is 0 Å². The van der Waals surface area contributed by atoms with Crippen LogP contribution in [-0.2, 0) is 0 Å². The summed E-state index contributed by atoms with van der Waals surface area (Å²) in [5.74, 6) is 0.563. The Labute approximate surface area is 115 Å². The molecule has 2 rings (SSSR count). The van der Waals surface area contributed by atoms with Crippen molar-refractivity contribution < 1.29 is 5.11 Å². The van der Waals surface area contributed by atoms with E-state index in [0.29, 0.717) is 17.5 Å². The van der Waals surface area contributed by atoms with Crippen molar-refractivity contribution in [2.75, 3.05) is 11.4 Å². The Kier molecular flexibility index (Phi) is 4.11. The van der Waals surface area contributed by atoms with Gasteiger partial charge in [-0.25, -0.2) is 0 Å². The first-order valence-corrected chi connectivity index (χ1v) is 7.01. The number of benzene rings is 1. The van der Waals surface area contributed by atoms with Crippen molar-refractivity contribution in [1.29, 1.82) is 5.26 Å². The summed E-state index contributed by atoms with van der Waals surface area (Å²) < 4.78 is 0. The number of nitrogens with zero attached hydrogens (tertiary/aromatic N) is 2. The van der Waals surface area contributed by atoms with Gasteiger partial charge in [0.2, 0.25) is 0 Å². The summed E-state index contributed by atoms with van der Waals surface area (Å²) in [6, 6.07) is 8.36. The van der Waals surface area contributed by atoms with E-state index < -0.39 is 6.10 Å². The zero-order chi connectivity index (χ0) is 14.0. The average molecular weight is 258 g/mol. The van der Waals surface area contributed by atoms with Crippen LogP contribution in [0.5, 0.6) is 0 Å². The van der Waals surface area contributed by atoms with Crippen molar-refractivity contribution in [2.45, 2.75) is 45.8 Å². The van der Waals surface area contributed by atoms with Gasteiger partial charge >= 0.3 is 0 Å². The minimum absolute atomic E-state index is 0.504. The molecule has 0 bridgehead atoms. The molecule has 0 aliphatic heterocycles. The number of aliphatic hydroxyl groups is 1. The fourth-order valence-electron chi connectivity index (χ4n) is 2.44. The third-order valence-electron chi connectivity index (χ3n) is 3.47. The van der Waals surface area contributed by atoms with Crippen molar-refractivity contribution >= 4 is 5.69 Å². The number of hydrogen-bond acceptors (Lipinski definition) is 3. The molecule has 0 amide bonds. The van der Waals surface area contributed by atoms with Crippen LogP contribution in [0.25, 0.3) is 0 Å². The van der Waals surface area contributed by atoms with E-state index in [0.717, 1.165) is 17.8 Å². The minimum Gasteiger partial charge on any atom is -0.389 e. The average Bonchev–Trinajstić information content (AvgIpc) is 3.19. The highest BCUT2D eigenvalue weighted by atomic mass is 16.3. The Morgan fingerprint density at radius 3 is 2.53 bits per heavy atom. The topological polar surface area (TPSA) is 47.3 Å². The fraction of sp³-hybridized carbons (Fsp3) is 0.562. The van der Waals surface area contributed by atoms with Gasteiger partial charge in [0.1, 0.15) is 0 Å². The first-order valence-electron chi connectivity index (χ1n) is 7.01. The largest absolute Gasteiger partial charge is 0.389 e. The van der Waals surface area contributed by atoms with E-state index in [4.69, 9.17) is 5.26 Å². The Balaban J connectivity index is 2.41. The van der Waals surface area contributed by atoms with E-state index in [2.05, 4.69) is 24.8 Å². The lowest BCUT2D eigenvalue weighted by atomic mass is 10.0. The highest BCUT2D eigenvalue weighted by Gasteiger charge is 2.31. The second-order valence-electron chi connectivity index (χ2n) is 5.84. The molecule has 0 radical (unpaired) electrons. The maximum Gasteiger partial charge on any atom is 0.0992 e. The summed E-state index contributed by atoms with van der Waals surface area (Å²) in [5.41, 5.74) is 2.62.